The highest BCUT2D eigenvalue weighted by atomic mass is 32.2. The normalized spacial score (nSPS) is 17.4. The van der Waals surface area contributed by atoms with Crippen LogP contribution in [0.15, 0.2) is 47.4 Å². The first kappa shape index (κ1) is 16.0. The van der Waals surface area contributed by atoms with Crippen molar-refractivity contribution in [3.63, 3.8) is 0 Å². The molecule has 5 heteroatoms. The number of nitrogens with one attached hydrogen (secondary N) is 1. The fourth-order valence-electron chi connectivity index (χ4n) is 2.71. The Bertz CT molecular complexity index is 815. The average Bonchev–Trinajstić information content (AvgIpc) is 2.55. The largest absolute Gasteiger partial charge is 0.493 e. The lowest BCUT2D eigenvalue weighted by Gasteiger charge is -2.25. The summed E-state index contributed by atoms with van der Waals surface area (Å²) in [6, 6.07) is 13.1. The van der Waals surface area contributed by atoms with Crippen LogP contribution in [0.4, 0.5) is 0 Å². The molecule has 2 aromatic rings. The van der Waals surface area contributed by atoms with Crippen molar-refractivity contribution >= 4 is 10.0 Å². The van der Waals surface area contributed by atoms with E-state index in [0.717, 1.165) is 28.9 Å². The topological polar surface area (TPSA) is 55.4 Å². The minimum atomic E-state index is -3.48. The number of aryl methyl sites for hydroxylation is 2. The lowest BCUT2D eigenvalue weighted by molar-refractivity contribution is 0.223. The SMILES string of the molecule is Cc1ccc(S(=O)(=O)NCC2COc3ccccc3C2)cc1C. The van der Waals surface area contributed by atoms with Gasteiger partial charge in [0.15, 0.2) is 0 Å². The van der Waals surface area contributed by atoms with Gasteiger partial charge >= 0.3 is 0 Å². The summed E-state index contributed by atoms with van der Waals surface area (Å²) in [5.41, 5.74) is 3.19. The molecule has 0 saturated heterocycles. The molecule has 0 saturated carbocycles. The zero-order chi connectivity index (χ0) is 16.4. The lowest BCUT2D eigenvalue weighted by Crippen LogP contribution is -2.34. The predicted octanol–water partition coefficient (Wildman–Crippen LogP) is 2.83. The van der Waals surface area contributed by atoms with Gasteiger partial charge in [0.1, 0.15) is 5.75 Å². The van der Waals surface area contributed by atoms with Crippen LogP contribution in [0.5, 0.6) is 5.75 Å². The van der Waals surface area contributed by atoms with Crippen molar-refractivity contribution < 1.29 is 13.2 Å². The highest BCUT2D eigenvalue weighted by Crippen LogP contribution is 2.26. The summed E-state index contributed by atoms with van der Waals surface area (Å²) < 4.78 is 33.3. The van der Waals surface area contributed by atoms with Crippen LogP contribution in [0.2, 0.25) is 0 Å². The van der Waals surface area contributed by atoms with E-state index in [1.165, 1.54) is 0 Å². The zero-order valence-electron chi connectivity index (χ0n) is 13.4. The molecule has 1 aliphatic heterocycles. The summed E-state index contributed by atoms with van der Waals surface area (Å²) in [7, 11) is -3.48. The lowest BCUT2D eigenvalue weighted by atomic mass is 9.97. The molecule has 2 aromatic carbocycles. The minimum absolute atomic E-state index is 0.145. The number of ether oxygens (including phenoxy) is 1. The van der Waals surface area contributed by atoms with Gasteiger partial charge in [-0.2, -0.15) is 0 Å². The molecule has 1 unspecified atom stereocenters. The second-order valence-corrected chi connectivity index (χ2v) is 7.85. The summed E-state index contributed by atoms with van der Waals surface area (Å²) >= 11 is 0. The first-order chi connectivity index (χ1) is 11.0. The van der Waals surface area contributed by atoms with E-state index in [2.05, 4.69) is 4.72 Å². The molecule has 0 aliphatic carbocycles. The Kier molecular flexibility index (Phi) is 4.41. The summed E-state index contributed by atoms with van der Waals surface area (Å²) in [5.74, 6) is 1.05. The number of hydrogen-bond acceptors (Lipinski definition) is 3. The number of rotatable bonds is 4. The zero-order valence-corrected chi connectivity index (χ0v) is 14.2. The van der Waals surface area contributed by atoms with Crippen LogP contribution in [0, 0.1) is 19.8 Å². The minimum Gasteiger partial charge on any atom is -0.493 e. The third-order valence-corrected chi connectivity index (χ3v) is 5.73. The third kappa shape index (κ3) is 3.57. The van der Waals surface area contributed by atoms with E-state index in [-0.39, 0.29) is 5.92 Å². The van der Waals surface area contributed by atoms with E-state index in [9.17, 15) is 8.42 Å². The molecule has 0 amide bonds. The number of benzene rings is 2. The van der Waals surface area contributed by atoms with Gasteiger partial charge in [0.05, 0.1) is 11.5 Å². The van der Waals surface area contributed by atoms with Gasteiger partial charge in [0.25, 0.3) is 0 Å². The Morgan fingerprint density at radius 3 is 2.70 bits per heavy atom. The molecule has 3 rings (SSSR count). The highest BCUT2D eigenvalue weighted by molar-refractivity contribution is 7.89. The standard InChI is InChI=1S/C18H21NO3S/c1-13-7-8-17(9-14(13)2)23(20,21)19-11-15-10-16-5-3-4-6-18(16)22-12-15/h3-9,15,19H,10-12H2,1-2H3. The Labute approximate surface area is 137 Å². The van der Waals surface area contributed by atoms with E-state index in [4.69, 9.17) is 4.74 Å². The fourth-order valence-corrected chi connectivity index (χ4v) is 3.91. The van der Waals surface area contributed by atoms with Crippen LogP contribution in [-0.2, 0) is 16.4 Å². The smallest absolute Gasteiger partial charge is 0.240 e. The van der Waals surface area contributed by atoms with Crippen molar-refractivity contribution in [3.05, 3.63) is 59.2 Å². The van der Waals surface area contributed by atoms with Crippen molar-refractivity contribution in [1.29, 1.82) is 0 Å². The van der Waals surface area contributed by atoms with Gasteiger partial charge in [-0.15, -0.1) is 0 Å². The summed E-state index contributed by atoms with van der Waals surface area (Å²) in [6.45, 7) is 4.80. The number of fused-ring (bicyclic) bond motifs is 1. The van der Waals surface area contributed by atoms with E-state index in [1.807, 2.05) is 44.2 Å². The fraction of sp³-hybridized carbons (Fsp3) is 0.333. The summed E-state index contributed by atoms with van der Waals surface area (Å²) in [5, 5.41) is 0. The van der Waals surface area contributed by atoms with Crippen molar-refractivity contribution in [2.24, 2.45) is 5.92 Å². The maximum Gasteiger partial charge on any atom is 0.240 e. The molecule has 4 nitrogen and oxygen atoms in total. The molecule has 122 valence electrons. The van der Waals surface area contributed by atoms with Crippen LogP contribution >= 0.6 is 0 Å². The molecule has 1 N–H and O–H groups in total. The highest BCUT2D eigenvalue weighted by Gasteiger charge is 2.22. The van der Waals surface area contributed by atoms with E-state index in [1.54, 1.807) is 12.1 Å². The quantitative estimate of drug-likeness (QED) is 0.937. The van der Waals surface area contributed by atoms with Crippen molar-refractivity contribution in [1.82, 2.24) is 4.72 Å². The maximum absolute atomic E-state index is 12.4. The van der Waals surface area contributed by atoms with Gasteiger partial charge < -0.3 is 4.74 Å². The van der Waals surface area contributed by atoms with E-state index < -0.39 is 10.0 Å². The Morgan fingerprint density at radius 1 is 1.13 bits per heavy atom. The van der Waals surface area contributed by atoms with Crippen molar-refractivity contribution in [2.75, 3.05) is 13.2 Å². The van der Waals surface area contributed by atoms with Crippen LogP contribution in [0.3, 0.4) is 0 Å². The number of para-hydroxylation sites is 1. The van der Waals surface area contributed by atoms with Crippen molar-refractivity contribution in [2.45, 2.75) is 25.2 Å². The first-order valence-corrected chi connectivity index (χ1v) is 9.21. The second kappa shape index (κ2) is 6.34. The van der Waals surface area contributed by atoms with E-state index in [0.29, 0.717) is 18.0 Å². The third-order valence-electron chi connectivity index (χ3n) is 4.31. The van der Waals surface area contributed by atoms with Crippen LogP contribution in [0.25, 0.3) is 0 Å². The molecule has 23 heavy (non-hydrogen) atoms. The van der Waals surface area contributed by atoms with Gasteiger partial charge in [-0.05, 0) is 55.2 Å². The van der Waals surface area contributed by atoms with Gasteiger partial charge in [-0.1, -0.05) is 24.3 Å². The molecule has 0 fully saturated rings. The van der Waals surface area contributed by atoms with Gasteiger partial charge in [0, 0.05) is 12.5 Å². The molecular formula is C18H21NO3S. The molecular weight excluding hydrogens is 310 g/mol. The Morgan fingerprint density at radius 2 is 1.91 bits per heavy atom. The molecule has 0 bridgehead atoms. The first-order valence-electron chi connectivity index (χ1n) is 7.73. The summed E-state index contributed by atoms with van der Waals surface area (Å²) in [6.07, 6.45) is 0.825. The average molecular weight is 331 g/mol. The molecule has 0 aromatic heterocycles. The predicted molar refractivity (Wildman–Crippen MR) is 90.2 cm³/mol. The van der Waals surface area contributed by atoms with Crippen LogP contribution < -0.4 is 9.46 Å². The Hall–Kier alpha value is -1.85. The number of hydrogen-bond donors (Lipinski definition) is 1. The van der Waals surface area contributed by atoms with Crippen LogP contribution in [-0.4, -0.2) is 21.6 Å². The molecule has 0 radical (unpaired) electrons. The second-order valence-electron chi connectivity index (χ2n) is 6.09. The van der Waals surface area contributed by atoms with Gasteiger partial charge in [-0.25, -0.2) is 13.1 Å². The molecule has 1 heterocycles. The van der Waals surface area contributed by atoms with Crippen molar-refractivity contribution in [3.8, 4) is 5.75 Å². The Balaban J connectivity index is 1.67. The van der Waals surface area contributed by atoms with Gasteiger partial charge in [0.2, 0.25) is 10.0 Å². The maximum atomic E-state index is 12.4. The van der Waals surface area contributed by atoms with Crippen LogP contribution in [0.1, 0.15) is 16.7 Å². The summed E-state index contributed by atoms with van der Waals surface area (Å²) in [4.78, 5) is 0.317. The van der Waals surface area contributed by atoms with Gasteiger partial charge in [-0.3, -0.25) is 0 Å². The van der Waals surface area contributed by atoms with E-state index >= 15 is 0 Å². The molecule has 0 spiro atoms. The number of sulfonamides is 1. The monoisotopic (exact) mass is 331 g/mol. The molecule has 1 aliphatic rings. The molecule has 1 atom stereocenters.